The van der Waals surface area contributed by atoms with Gasteiger partial charge >= 0.3 is 18.9 Å². The largest absolute Gasteiger partial charge is 1.00 e. The van der Waals surface area contributed by atoms with Crippen molar-refractivity contribution in [2.75, 3.05) is 13.7 Å². The summed E-state index contributed by atoms with van der Waals surface area (Å²) < 4.78 is 53.9. The van der Waals surface area contributed by atoms with Crippen LogP contribution in [0.5, 0.6) is 11.5 Å². The molecule has 0 radical (unpaired) electrons. The van der Waals surface area contributed by atoms with E-state index in [4.69, 9.17) is 16.1 Å². The molecule has 0 bridgehead atoms. The second-order valence-corrected chi connectivity index (χ2v) is 10.0. The summed E-state index contributed by atoms with van der Waals surface area (Å²) in [6.45, 7) is 9.98. The van der Waals surface area contributed by atoms with Crippen LogP contribution in [0.25, 0.3) is 11.8 Å². The molecular formula is C25H22FLiN3O5S-. The number of sulfonamides is 1. The third-order valence-corrected chi connectivity index (χ3v) is 6.84. The summed E-state index contributed by atoms with van der Waals surface area (Å²) in [4.78, 5) is 12.4. The molecule has 2 aromatic carbocycles. The van der Waals surface area contributed by atoms with Gasteiger partial charge in [0.25, 0.3) is 10.0 Å². The van der Waals surface area contributed by atoms with Crippen LogP contribution in [0.1, 0.15) is 25.0 Å². The summed E-state index contributed by atoms with van der Waals surface area (Å²) in [5, 5.41) is 3.72. The second kappa shape index (κ2) is 10.3. The maximum atomic E-state index is 13.3. The van der Waals surface area contributed by atoms with Crippen LogP contribution in [0.2, 0.25) is 0 Å². The summed E-state index contributed by atoms with van der Waals surface area (Å²) in [6, 6.07) is 12.4. The van der Waals surface area contributed by atoms with Gasteiger partial charge in [0.2, 0.25) is 5.95 Å². The van der Waals surface area contributed by atoms with E-state index < -0.39 is 27.3 Å². The van der Waals surface area contributed by atoms with E-state index >= 15 is 0 Å². The van der Waals surface area contributed by atoms with Crippen LogP contribution in [0.4, 0.5) is 4.39 Å². The zero-order valence-corrected chi connectivity index (χ0v) is 21.0. The molecule has 3 aromatic rings. The topological polar surface area (TPSA) is 99.5 Å². The van der Waals surface area contributed by atoms with Gasteiger partial charge in [-0.3, -0.25) is 9.40 Å². The first kappa shape index (κ1) is 27.3. The number of methoxy groups -OCH3 is 1. The number of fused-ring (bicyclic) bond motifs is 1. The van der Waals surface area contributed by atoms with Gasteiger partial charge in [0, 0.05) is 23.2 Å². The van der Waals surface area contributed by atoms with Crippen molar-refractivity contribution in [1.29, 1.82) is 0 Å². The number of halogens is 1. The van der Waals surface area contributed by atoms with Crippen molar-refractivity contribution in [2.24, 2.45) is 0 Å². The number of carbonyl (C=O) groups is 1. The Bertz CT molecular complexity index is 1460. The van der Waals surface area contributed by atoms with Crippen LogP contribution >= 0.6 is 0 Å². The number of hydrogen-bond acceptors (Lipinski definition) is 6. The van der Waals surface area contributed by atoms with E-state index in [-0.39, 0.29) is 47.4 Å². The van der Waals surface area contributed by atoms with Gasteiger partial charge in [-0.05, 0) is 11.8 Å². The number of nitrogens with zero attached hydrogens (tertiary/aromatic N) is 2. The molecule has 0 unspecified atom stereocenters. The third-order valence-electron chi connectivity index (χ3n) is 5.46. The predicted molar refractivity (Wildman–Crippen MR) is 126 cm³/mol. The summed E-state index contributed by atoms with van der Waals surface area (Å²) in [5.74, 6) is -1.53. The standard InChI is InChI=1S/C25H22FN3O5S.Li/c1-16(9-10-17-7-5-6-8-19(17)29-14-13-21(26)27-29)24(30)28-35(31,32)23-20(33-4)12-11-18-22(23)34-15-25(18,2)3;/h1,5-6,8-14H,15H2,2-4H3,(H,28,30);/q-2;+1/b10-9-;. The minimum Gasteiger partial charge on any atom is -0.495 e. The van der Waals surface area contributed by atoms with E-state index in [1.807, 2.05) is 18.6 Å². The molecule has 1 aliphatic rings. The Kier molecular flexibility index (Phi) is 7.84. The Morgan fingerprint density at radius 1 is 1.33 bits per heavy atom. The second-order valence-electron chi connectivity index (χ2n) is 8.42. The van der Waals surface area contributed by atoms with Crippen molar-refractivity contribution in [3.05, 3.63) is 84.0 Å². The summed E-state index contributed by atoms with van der Waals surface area (Å²) >= 11 is 0. The summed E-state index contributed by atoms with van der Waals surface area (Å²) in [5.41, 5.74) is 0.831. The normalized spacial score (nSPS) is 14.0. The average molecular weight is 502 g/mol. The molecule has 0 spiro atoms. The molecule has 0 aliphatic carbocycles. The van der Waals surface area contributed by atoms with Crippen molar-refractivity contribution in [3.63, 3.8) is 0 Å². The number of amides is 1. The van der Waals surface area contributed by atoms with E-state index in [0.717, 1.165) is 0 Å². The van der Waals surface area contributed by atoms with Gasteiger partial charge in [-0.1, -0.05) is 19.9 Å². The molecule has 11 heteroatoms. The van der Waals surface area contributed by atoms with E-state index in [0.29, 0.717) is 16.8 Å². The molecule has 36 heavy (non-hydrogen) atoms. The van der Waals surface area contributed by atoms with Crippen LogP contribution in [0.15, 0.2) is 59.1 Å². The average Bonchev–Trinajstić information content (AvgIpc) is 3.39. The monoisotopic (exact) mass is 502 g/mol. The van der Waals surface area contributed by atoms with Gasteiger partial charge in [0.15, 0.2) is 4.90 Å². The maximum absolute atomic E-state index is 13.3. The first-order valence-electron chi connectivity index (χ1n) is 10.5. The number of nitrogens with one attached hydrogen (secondary N) is 1. The molecule has 0 saturated heterocycles. The SMILES string of the molecule is [CH-]=C(/C=C\c1[c-]cccc1-n1ccc(F)n1)C(=O)NS(=O)(=O)c1c(OC)ccc2c1OCC2(C)C.[Li+]. The first-order valence-corrected chi connectivity index (χ1v) is 12.0. The van der Waals surface area contributed by atoms with Gasteiger partial charge < -0.3 is 14.3 Å². The van der Waals surface area contributed by atoms with Crippen LogP contribution in [-0.4, -0.2) is 37.8 Å². The van der Waals surface area contributed by atoms with Gasteiger partial charge in [-0.2, -0.15) is 10.5 Å². The Hall–Kier alpha value is -3.32. The fraction of sp³-hybridized carbons (Fsp3) is 0.200. The van der Waals surface area contributed by atoms with Gasteiger partial charge in [-0.15, -0.1) is 40.5 Å². The Balaban J connectivity index is 0.00000361. The molecule has 1 N–H and O–H groups in total. The fourth-order valence-corrected chi connectivity index (χ4v) is 4.95. The van der Waals surface area contributed by atoms with Crippen molar-refractivity contribution in [1.82, 2.24) is 14.5 Å². The zero-order chi connectivity index (χ0) is 25.4. The van der Waals surface area contributed by atoms with E-state index in [1.165, 1.54) is 42.3 Å². The van der Waals surface area contributed by atoms with Crippen molar-refractivity contribution >= 4 is 22.0 Å². The van der Waals surface area contributed by atoms with Crippen LogP contribution in [0.3, 0.4) is 0 Å². The maximum Gasteiger partial charge on any atom is 1.00 e. The number of benzene rings is 2. The van der Waals surface area contributed by atoms with E-state index in [9.17, 15) is 17.6 Å². The van der Waals surface area contributed by atoms with Crippen LogP contribution < -0.4 is 33.1 Å². The van der Waals surface area contributed by atoms with Gasteiger partial charge in [-0.25, -0.2) is 21.1 Å². The molecule has 0 atom stereocenters. The Morgan fingerprint density at radius 2 is 2.08 bits per heavy atom. The number of rotatable bonds is 7. The van der Waals surface area contributed by atoms with E-state index in [1.54, 1.807) is 24.3 Å². The predicted octanol–water partition coefficient (Wildman–Crippen LogP) is 0.372. The number of ether oxygens (including phenoxy) is 2. The molecule has 8 nitrogen and oxygen atoms in total. The third kappa shape index (κ3) is 5.26. The minimum absolute atomic E-state index is 0. The van der Waals surface area contributed by atoms with Crippen molar-refractivity contribution < 1.29 is 45.9 Å². The molecule has 1 aliphatic heterocycles. The minimum atomic E-state index is -4.40. The molecule has 1 amide bonds. The summed E-state index contributed by atoms with van der Waals surface area (Å²) in [7, 11) is -3.08. The zero-order valence-electron chi connectivity index (χ0n) is 20.2. The van der Waals surface area contributed by atoms with Crippen LogP contribution in [0, 0.1) is 18.6 Å². The molecule has 4 rings (SSSR count). The van der Waals surface area contributed by atoms with Crippen molar-refractivity contribution in [2.45, 2.75) is 24.2 Å². The Morgan fingerprint density at radius 3 is 2.75 bits per heavy atom. The Labute approximate surface area is 221 Å². The number of hydrogen-bond donors (Lipinski definition) is 1. The molecule has 0 saturated carbocycles. The summed E-state index contributed by atoms with van der Waals surface area (Å²) in [6.07, 6.45) is 4.10. The molecule has 1 aromatic heterocycles. The van der Waals surface area contributed by atoms with Gasteiger partial charge in [0.05, 0.1) is 13.7 Å². The molecule has 182 valence electrons. The number of carbonyl (C=O) groups excluding carboxylic acids is 1. The molecule has 2 heterocycles. The van der Waals surface area contributed by atoms with Gasteiger partial charge in [0.1, 0.15) is 17.4 Å². The molecule has 0 fully saturated rings. The van der Waals surface area contributed by atoms with Crippen molar-refractivity contribution in [3.8, 4) is 17.2 Å². The van der Waals surface area contributed by atoms with E-state index in [2.05, 4.69) is 11.2 Å². The smallest absolute Gasteiger partial charge is 0.495 e. The molecular weight excluding hydrogens is 480 g/mol. The number of aromatic nitrogens is 2. The van der Waals surface area contributed by atoms with Crippen LogP contribution in [-0.2, 0) is 20.2 Å². The first-order chi connectivity index (χ1) is 16.5. The fourth-order valence-electron chi connectivity index (χ4n) is 3.66. The quantitative estimate of drug-likeness (QED) is 0.217.